The van der Waals surface area contributed by atoms with Crippen molar-refractivity contribution >= 4 is 8.41 Å². The van der Waals surface area contributed by atoms with Gasteiger partial charge < -0.3 is 53.6 Å². The largest absolute Gasteiger partial charge is 0.494 e. The first-order chi connectivity index (χ1) is 29.3. The first-order valence-electron chi connectivity index (χ1n) is 21.5. The molecule has 1 aliphatic heterocycles. The maximum atomic E-state index is 9.14. The molecule has 1 heterocycles. The first kappa shape index (κ1) is 55.9. The maximum Gasteiger partial charge on any atom is 0.119 e. The number of hydrogen-bond donors (Lipinski definition) is 4. The van der Waals surface area contributed by atoms with Crippen molar-refractivity contribution in [2.24, 2.45) is 0 Å². The summed E-state index contributed by atoms with van der Waals surface area (Å²) in [6, 6.07) is 32.2. The number of ether oxygens (including phenoxy) is 7. The summed E-state index contributed by atoms with van der Waals surface area (Å²) in [7, 11) is 0. The van der Waals surface area contributed by atoms with Crippen molar-refractivity contribution in [2.45, 2.75) is 97.9 Å². The Morgan fingerprint density at radius 2 is 0.694 bits per heavy atom. The SMILES string of the molecule is C.CC(O)COCCCCOc1ccc(-c2ccc(OCCCCOCC(C)O)cc2)cc1.CC1CO1.OCCCCOc1ccc(-c2ccc(OCCCCO)cc2)cc1.[B]. The molecule has 1 fully saturated rings. The van der Waals surface area contributed by atoms with E-state index < -0.39 is 12.2 Å². The summed E-state index contributed by atoms with van der Waals surface area (Å²) in [6.45, 7) is 11.5. The molecular formula is C50H74BO11. The van der Waals surface area contributed by atoms with Crippen LogP contribution in [0.25, 0.3) is 22.3 Å². The summed E-state index contributed by atoms with van der Waals surface area (Å²) in [5, 5.41) is 35.8. The van der Waals surface area contributed by atoms with Crippen molar-refractivity contribution in [3.63, 3.8) is 0 Å². The van der Waals surface area contributed by atoms with E-state index in [9.17, 15) is 0 Å². The third-order valence-corrected chi connectivity index (χ3v) is 8.85. The number of benzene rings is 4. The lowest BCUT2D eigenvalue weighted by atomic mass is 10.1. The highest BCUT2D eigenvalue weighted by molar-refractivity contribution is 5.75. The molecule has 4 N–H and O–H groups in total. The van der Waals surface area contributed by atoms with Crippen molar-refractivity contribution < 1.29 is 53.6 Å². The van der Waals surface area contributed by atoms with Crippen LogP contribution in [0.15, 0.2) is 97.1 Å². The molecule has 3 unspecified atom stereocenters. The summed E-state index contributed by atoms with van der Waals surface area (Å²) in [5.74, 6) is 3.41. The Morgan fingerprint density at radius 3 is 0.903 bits per heavy atom. The molecule has 4 aromatic rings. The highest BCUT2D eigenvalue weighted by Crippen LogP contribution is 2.26. The van der Waals surface area contributed by atoms with Gasteiger partial charge in [-0.25, -0.2) is 0 Å². The van der Waals surface area contributed by atoms with E-state index in [0.29, 0.717) is 59.0 Å². The van der Waals surface area contributed by atoms with Gasteiger partial charge in [-0.3, -0.25) is 0 Å². The molecule has 1 aliphatic rings. The first-order valence-corrected chi connectivity index (χ1v) is 21.5. The normalized spacial score (nSPS) is 13.4. The summed E-state index contributed by atoms with van der Waals surface area (Å²) >= 11 is 0. The molecule has 0 aliphatic carbocycles. The van der Waals surface area contributed by atoms with E-state index in [1.807, 2.05) is 72.8 Å². The zero-order valence-corrected chi connectivity index (χ0v) is 36.6. The van der Waals surface area contributed by atoms with Gasteiger partial charge in [0.1, 0.15) is 23.0 Å². The fourth-order valence-corrected chi connectivity index (χ4v) is 5.38. The van der Waals surface area contributed by atoms with Crippen molar-refractivity contribution in [2.75, 3.05) is 72.7 Å². The van der Waals surface area contributed by atoms with Gasteiger partial charge in [0.2, 0.25) is 0 Å². The van der Waals surface area contributed by atoms with Crippen LogP contribution < -0.4 is 18.9 Å². The van der Waals surface area contributed by atoms with Crippen LogP contribution in [0.3, 0.4) is 0 Å². The molecule has 0 saturated carbocycles. The Labute approximate surface area is 373 Å². The standard InChI is InChI=1S/C26H38O6.C20H26O4.C3H6O.CH4.B/c1-21(27)19-29-15-3-5-17-31-25-11-7-23(8-12-25)24-9-13-26(14-10-24)32-18-6-4-16-30-20-22(2)28;21-13-1-3-15-23-19-9-5-17(6-10-19)18-7-11-20(12-8-18)24-16-4-2-14-22;1-3-2-4-3;;/h7-14,21-22,27-28H,3-6,15-20H2,1-2H3;5-12,21-22H,1-4,13-16H2;3H,2H2,1H3;1H4;. The fraction of sp³-hybridized carbons (Fsp3) is 0.520. The van der Waals surface area contributed by atoms with Crippen LogP contribution in [-0.4, -0.2) is 120 Å². The number of epoxide rings is 1. The van der Waals surface area contributed by atoms with Gasteiger partial charge in [0, 0.05) is 34.8 Å². The second-order valence-corrected chi connectivity index (χ2v) is 14.8. The van der Waals surface area contributed by atoms with Gasteiger partial charge in [0.25, 0.3) is 0 Å². The van der Waals surface area contributed by atoms with Crippen molar-refractivity contribution in [3.05, 3.63) is 97.1 Å². The van der Waals surface area contributed by atoms with E-state index in [0.717, 1.165) is 103 Å². The lowest BCUT2D eigenvalue weighted by Gasteiger charge is -2.10. The van der Waals surface area contributed by atoms with Crippen LogP contribution in [-0.2, 0) is 14.2 Å². The average Bonchev–Trinajstić information content (AvgIpc) is 4.06. The van der Waals surface area contributed by atoms with Crippen LogP contribution in [0, 0.1) is 0 Å². The molecule has 3 atom stereocenters. The lowest BCUT2D eigenvalue weighted by Crippen LogP contribution is -2.11. The second kappa shape index (κ2) is 35.3. The van der Waals surface area contributed by atoms with Crippen LogP contribution >= 0.6 is 0 Å². The molecule has 4 aromatic carbocycles. The Kier molecular flexibility index (Phi) is 31.9. The molecule has 62 heavy (non-hydrogen) atoms. The highest BCUT2D eigenvalue weighted by atomic mass is 16.6. The minimum atomic E-state index is -0.411. The van der Waals surface area contributed by atoms with Gasteiger partial charge in [0.05, 0.1) is 64.6 Å². The smallest absolute Gasteiger partial charge is 0.119 e. The minimum absolute atomic E-state index is 0. The quantitative estimate of drug-likeness (QED) is 0.0247. The maximum absolute atomic E-state index is 9.14. The Bertz CT molecular complexity index is 1480. The topological polar surface area (TPSA) is 149 Å². The summed E-state index contributed by atoms with van der Waals surface area (Å²) < 4.78 is 38.2. The van der Waals surface area contributed by atoms with E-state index in [4.69, 9.17) is 53.6 Å². The van der Waals surface area contributed by atoms with Crippen LogP contribution in [0.2, 0.25) is 0 Å². The van der Waals surface area contributed by atoms with Crippen molar-refractivity contribution in [1.82, 2.24) is 0 Å². The fourth-order valence-electron chi connectivity index (χ4n) is 5.38. The molecule has 5 rings (SSSR count). The Hall–Kier alpha value is -4.14. The van der Waals surface area contributed by atoms with Crippen LogP contribution in [0.4, 0.5) is 0 Å². The monoisotopic (exact) mass is 862 g/mol. The molecule has 1 saturated heterocycles. The number of unbranched alkanes of at least 4 members (excludes halogenated alkanes) is 4. The molecule has 0 aromatic heterocycles. The van der Waals surface area contributed by atoms with Gasteiger partial charge in [-0.15, -0.1) is 0 Å². The second-order valence-electron chi connectivity index (χ2n) is 14.8. The molecule has 12 heteroatoms. The highest BCUT2D eigenvalue weighted by Gasteiger charge is 2.13. The third kappa shape index (κ3) is 27.0. The van der Waals surface area contributed by atoms with Gasteiger partial charge in [-0.2, -0.15) is 0 Å². The number of hydrogen-bond acceptors (Lipinski definition) is 11. The summed E-state index contributed by atoms with van der Waals surface area (Å²) in [4.78, 5) is 0. The van der Waals surface area contributed by atoms with Crippen LogP contribution in [0.1, 0.15) is 79.6 Å². The number of aliphatic hydroxyl groups excluding tert-OH is 4. The van der Waals surface area contributed by atoms with Crippen LogP contribution in [0.5, 0.6) is 23.0 Å². The van der Waals surface area contributed by atoms with Gasteiger partial charge in [-0.05, 0) is 143 Å². The Balaban J connectivity index is 0.000000566. The minimum Gasteiger partial charge on any atom is -0.494 e. The zero-order valence-electron chi connectivity index (χ0n) is 36.6. The summed E-state index contributed by atoms with van der Waals surface area (Å²) in [6.07, 6.45) is 6.68. The van der Waals surface area contributed by atoms with E-state index in [-0.39, 0.29) is 29.1 Å². The lowest BCUT2D eigenvalue weighted by molar-refractivity contribution is 0.0436. The van der Waals surface area contributed by atoms with E-state index >= 15 is 0 Å². The number of rotatable bonds is 28. The molecule has 0 bridgehead atoms. The average molecular weight is 862 g/mol. The predicted molar refractivity (Wildman–Crippen MR) is 250 cm³/mol. The molecule has 343 valence electrons. The molecule has 0 spiro atoms. The molecular weight excluding hydrogens is 787 g/mol. The predicted octanol–water partition coefficient (Wildman–Crippen LogP) is 8.78. The van der Waals surface area contributed by atoms with Gasteiger partial charge >= 0.3 is 0 Å². The van der Waals surface area contributed by atoms with E-state index in [1.165, 1.54) is 0 Å². The zero-order chi connectivity index (χ0) is 43.0. The molecule has 3 radical (unpaired) electrons. The molecule has 0 amide bonds. The van der Waals surface area contributed by atoms with E-state index in [2.05, 4.69) is 31.2 Å². The van der Waals surface area contributed by atoms with Gasteiger partial charge in [0.15, 0.2) is 0 Å². The Morgan fingerprint density at radius 1 is 0.468 bits per heavy atom. The molecule has 11 nitrogen and oxygen atoms in total. The van der Waals surface area contributed by atoms with E-state index in [1.54, 1.807) is 13.8 Å². The third-order valence-electron chi connectivity index (χ3n) is 8.85. The van der Waals surface area contributed by atoms with Crippen molar-refractivity contribution in [3.8, 4) is 45.3 Å². The van der Waals surface area contributed by atoms with Gasteiger partial charge in [-0.1, -0.05) is 56.0 Å². The van der Waals surface area contributed by atoms with Crippen molar-refractivity contribution in [1.29, 1.82) is 0 Å². The number of aliphatic hydroxyl groups is 4. The summed E-state index contributed by atoms with van der Waals surface area (Å²) in [5.41, 5.74) is 4.52.